The topological polar surface area (TPSA) is 193 Å². The fourth-order valence-corrected chi connectivity index (χ4v) is 4.33. The van der Waals surface area contributed by atoms with Crippen LogP contribution in [0.25, 0.3) is 0 Å². The van der Waals surface area contributed by atoms with E-state index in [0.717, 1.165) is 4.57 Å². The Bertz CT molecular complexity index is 1050. The van der Waals surface area contributed by atoms with Crippen molar-refractivity contribution >= 4 is 19.8 Å². The van der Waals surface area contributed by atoms with Gasteiger partial charge >= 0.3 is 25.5 Å². The van der Waals surface area contributed by atoms with Crippen molar-refractivity contribution in [3.8, 4) is 0 Å². The molecule has 5 atom stereocenters. The van der Waals surface area contributed by atoms with Crippen LogP contribution in [0.1, 0.15) is 57.7 Å². The molecular weight excluding hydrogens is 503 g/mol. The van der Waals surface area contributed by atoms with Crippen molar-refractivity contribution in [1.29, 1.82) is 0 Å². The number of ether oxygens (including phenoxy) is 3. The summed E-state index contributed by atoms with van der Waals surface area (Å²) < 4.78 is 39.6. The molecule has 0 spiro atoms. The van der Waals surface area contributed by atoms with Gasteiger partial charge in [-0.2, -0.15) is 0 Å². The summed E-state index contributed by atoms with van der Waals surface area (Å²) in [6.07, 6.45) is -1.92. The molecule has 2 heterocycles. The molecule has 1 aromatic heterocycles. The molecule has 0 amide bonds. The highest BCUT2D eigenvalue weighted by Gasteiger charge is 2.42. The van der Waals surface area contributed by atoms with Crippen molar-refractivity contribution in [2.75, 3.05) is 19.8 Å². The smallest absolute Gasteiger partial charge is 0.462 e. The number of aliphatic hydroxyl groups excluding tert-OH is 1. The van der Waals surface area contributed by atoms with E-state index in [1.54, 1.807) is 13.8 Å². The molecule has 3 N–H and O–H groups in total. The number of nitrogens with one attached hydrogen (secondary N) is 1. The molecule has 1 saturated heterocycles. The van der Waals surface area contributed by atoms with Crippen molar-refractivity contribution in [2.45, 2.75) is 77.4 Å². The molecule has 2 rings (SSSR count). The number of carbonyl (C=O) groups is 2. The number of rotatable bonds is 14. The van der Waals surface area contributed by atoms with E-state index in [1.807, 2.05) is 0 Å². The Morgan fingerprint density at radius 1 is 1.22 bits per heavy atom. The monoisotopic (exact) mass is 536 g/mol. The van der Waals surface area contributed by atoms with Crippen LogP contribution in [0.15, 0.2) is 15.8 Å². The van der Waals surface area contributed by atoms with E-state index in [4.69, 9.17) is 23.3 Å². The summed E-state index contributed by atoms with van der Waals surface area (Å²) in [5, 5.41) is 9.63. The maximum absolute atomic E-state index is 12.6. The summed E-state index contributed by atoms with van der Waals surface area (Å²) >= 11 is 0. The third kappa shape index (κ3) is 8.95. The van der Waals surface area contributed by atoms with Gasteiger partial charge in [-0.15, -0.1) is 0 Å². The molecule has 15 heteroatoms. The molecule has 0 radical (unpaired) electrons. The number of esters is 2. The van der Waals surface area contributed by atoms with Crippen LogP contribution < -0.4 is 11.2 Å². The summed E-state index contributed by atoms with van der Waals surface area (Å²) in [7, 11) is -4.78. The van der Waals surface area contributed by atoms with Crippen molar-refractivity contribution in [1.82, 2.24) is 9.55 Å². The number of phosphoric acid groups is 1. The highest BCUT2D eigenvalue weighted by atomic mass is 31.2. The average Bonchev–Trinajstić information content (AvgIpc) is 3.20. The molecule has 0 bridgehead atoms. The minimum atomic E-state index is -4.78. The lowest BCUT2D eigenvalue weighted by Crippen LogP contribution is -2.33. The van der Waals surface area contributed by atoms with Gasteiger partial charge in [0.15, 0.2) is 6.10 Å². The largest absolute Gasteiger partial charge is 0.472 e. The van der Waals surface area contributed by atoms with E-state index in [0.29, 0.717) is 12.8 Å². The Labute approximate surface area is 207 Å². The number of aryl methyl sites for hydroxylation is 1. The van der Waals surface area contributed by atoms with E-state index in [9.17, 15) is 33.7 Å². The highest BCUT2D eigenvalue weighted by molar-refractivity contribution is 7.47. The van der Waals surface area contributed by atoms with Crippen LogP contribution in [-0.4, -0.2) is 69.6 Å². The van der Waals surface area contributed by atoms with E-state index in [-0.39, 0.29) is 31.4 Å². The number of aliphatic hydroxyl groups is 1. The van der Waals surface area contributed by atoms with E-state index < -0.39 is 68.8 Å². The van der Waals surface area contributed by atoms with E-state index >= 15 is 0 Å². The molecule has 2 unspecified atom stereocenters. The second kappa shape index (κ2) is 13.8. The van der Waals surface area contributed by atoms with Gasteiger partial charge in [0.05, 0.1) is 13.2 Å². The Balaban J connectivity index is 2.04. The normalized spacial score (nSPS) is 22.1. The zero-order valence-electron chi connectivity index (χ0n) is 20.4. The lowest BCUT2D eigenvalue weighted by Gasteiger charge is -2.22. The summed E-state index contributed by atoms with van der Waals surface area (Å²) in [5.41, 5.74) is -1.09. The van der Waals surface area contributed by atoms with Gasteiger partial charge in [-0.05, 0) is 19.8 Å². The molecule has 14 nitrogen and oxygen atoms in total. The number of hydrogen-bond acceptors (Lipinski definition) is 11. The van der Waals surface area contributed by atoms with Gasteiger partial charge in [0.25, 0.3) is 5.56 Å². The summed E-state index contributed by atoms with van der Waals surface area (Å²) in [6.45, 7) is 3.46. The fraction of sp³-hybridized carbons (Fsp3) is 0.714. The zero-order valence-corrected chi connectivity index (χ0v) is 21.3. The number of aromatic nitrogens is 2. The Morgan fingerprint density at radius 2 is 1.89 bits per heavy atom. The molecule has 1 aromatic rings. The van der Waals surface area contributed by atoms with Gasteiger partial charge in [-0.25, -0.2) is 9.36 Å². The summed E-state index contributed by atoms with van der Waals surface area (Å²) in [6, 6.07) is 0. The second-order valence-electron chi connectivity index (χ2n) is 8.23. The average molecular weight is 536 g/mol. The maximum atomic E-state index is 12.6. The van der Waals surface area contributed by atoms with Crippen LogP contribution in [0.3, 0.4) is 0 Å². The predicted octanol–water partition coefficient (Wildman–Crippen LogP) is 0.682. The minimum Gasteiger partial charge on any atom is -0.462 e. The van der Waals surface area contributed by atoms with Crippen LogP contribution in [0.2, 0.25) is 0 Å². The molecule has 204 valence electrons. The third-order valence-electron chi connectivity index (χ3n) is 5.15. The predicted molar refractivity (Wildman–Crippen MR) is 123 cm³/mol. The van der Waals surface area contributed by atoms with Gasteiger partial charge < -0.3 is 24.2 Å². The van der Waals surface area contributed by atoms with Crippen molar-refractivity contribution < 1.29 is 47.4 Å². The van der Waals surface area contributed by atoms with E-state index in [2.05, 4.69) is 4.98 Å². The quantitative estimate of drug-likeness (QED) is 0.223. The van der Waals surface area contributed by atoms with Crippen LogP contribution in [-0.2, 0) is 37.4 Å². The first kappa shape index (κ1) is 29.9. The molecule has 1 fully saturated rings. The number of hydrogen-bond donors (Lipinski definition) is 3. The van der Waals surface area contributed by atoms with E-state index in [1.165, 1.54) is 13.1 Å². The first-order chi connectivity index (χ1) is 17.0. The minimum absolute atomic E-state index is 0.0925. The summed E-state index contributed by atoms with van der Waals surface area (Å²) in [4.78, 5) is 59.7. The summed E-state index contributed by atoms with van der Waals surface area (Å²) in [5.74, 6) is -1.12. The van der Waals surface area contributed by atoms with Crippen molar-refractivity contribution in [3.63, 3.8) is 0 Å². The van der Waals surface area contributed by atoms with Gasteiger partial charge in [0.1, 0.15) is 25.0 Å². The Morgan fingerprint density at radius 3 is 2.53 bits per heavy atom. The van der Waals surface area contributed by atoms with Crippen LogP contribution in [0, 0.1) is 6.92 Å². The highest BCUT2D eigenvalue weighted by Crippen LogP contribution is 2.48. The standard InChI is InChI=1S/C21H33N2O12P/c1-4-6-18(25)31-11-14(33-19(26)7-5-2)12-32-36(29,30)35-15-8-17(34-16(15)10-24)23-9-13(3)20(27)22-21(23)28/h9,14-17,24H,4-8,10-12H2,1-3H3,(H,29,30)(H,22,27,28)/t14?,15-,16-,17-/m1/s1. The molecule has 0 saturated carbocycles. The number of phosphoric ester groups is 1. The number of H-pyrrole nitrogens is 1. The molecule has 1 aliphatic heterocycles. The maximum Gasteiger partial charge on any atom is 0.472 e. The fourth-order valence-electron chi connectivity index (χ4n) is 3.35. The first-order valence-corrected chi connectivity index (χ1v) is 13.1. The van der Waals surface area contributed by atoms with Crippen LogP contribution >= 0.6 is 7.82 Å². The molecule has 0 aliphatic carbocycles. The lowest BCUT2D eigenvalue weighted by atomic mass is 10.2. The Hall–Kier alpha value is -2.35. The SMILES string of the molecule is CCCC(=O)OCC(COP(=O)(O)O[C@@H]1C[C@H](n2cc(C)c(=O)[nH]c2=O)O[C@@H]1CO)OC(=O)CCC. The number of carbonyl (C=O) groups excluding carboxylic acids is 2. The lowest BCUT2D eigenvalue weighted by molar-refractivity contribution is -0.161. The van der Waals surface area contributed by atoms with Gasteiger partial charge in [-0.3, -0.25) is 33.0 Å². The Kier molecular flexibility index (Phi) is 11.5. The van der Waals surface area contributed by atoms with Gasteiger partial charge in [0.2, 0.25) is 0 Å². The van der Waals surface area contributed by atoms with Crippen LogP contribution in [0.4, 0.5) is 0 Å². The molecule has 36 heavy (non-hydrogen) atoms. The van der Waals surface area contributed by atoms with Gasteiger partial charge in [-0.1, -0.05) is 13.8 Å². The van der Waals surface area contributed by atoms with Crippen molar-refractivity contribution in [2.24, 2.45) is 0 Å². The third-order valence-corrected chi connectivity index (χ3v) is 6.16. The molecule has 0 aromatic carbocycles. The number of aromatic amines is 1. The number of nitrogens with zero attached hydrogens (tertiary/aromatic N) is 1. The van der Waals surface area contributed by atoms with Crippen LogP contribution in [0.5, 0.6) is 0 Å². The van der Waals surface area contributed by atoms with Crippen molar-refractivity contribution in [3.05, 3.63) is 32.6 Å². The zero-order chi connectivity index (χ0) is 26.9. The molecule has 1 aliphatic rings. The first-order valence-electron chi connectivity index (χ1n) is 11.6. The molecular formula is C21H33N2O12P. The van der Waals surface area contributed by atoms with Gasteiger partial charge in [0, 0.05) is 31.0 Å². The second-order valence-corrected chi connectivity index (χ2v) is 9.64.